The summed E-state index contributed by atoms with van der Waals surface area (Å²) in [4.78, 5) is 22.2. The average Bonchev–Trinajstić information content (AvgIpc) is 4.20. The lowest BCUT2D eigenvalue weighted by Crippen LogP contribution is -2.22. The highest BCUT2D eigenvalue weighted by Gasteiger charge is 2.44. The van der Waals surface area contributed by atoms with Gasteiger partial charge in [-0.15, -0.1) is 0 Å². The molecule has 4 aromatic carbocycles. The second-order valence-corrected chi connectivity index (χ2v) is 32.1. The van der Waals surface area contributed by atoms with Crippen molar-refractivity contribution in [3.63, 3.8) is 0 Å². The molecule has 0 radical (unpaired) electrons. The largest absolute Gasteiger partial charge is 0.454 e. The summed E-state index contributed by atoms with van der Waals surface area (Å²) in [6, 6.07) is 33.4. The average molecular weight is 1010 g/mol. The van der Waals surface area contributed by atoms with Crippen LogP contribution in [0.1, 0.15) is 36.3 Å². The topological polar surface area (TPSA) is 113 Å². The minimum Gasteiger partial charge on any atom is -0.454 e. The highest BCUT2D eigenvalue weighted by Crippen LogP contribution is 2.47. The number of hydrogen-bond acceptors (Lipinski definition) is 9. The molecule has 2 aliphatic carbocycles. The van der Waals surface area contributed by atoms with Crippen molar-refractivity contribution in [2.75, 3.05) is 27.4 Å². The minimum absolute atomic E-state index is 0.0586. The summed E-state index contributed by atoms with van der Waals surface area (Å²) in [5.41, 5.74) is 5.31. The van der Waals surface area contributed by atoms with Crippen molar-refractivity contribution < 1.29 is 28.4 Å². The zero-order chi connectivity index (χ0) is 47.5. The third kappa shape index (κ3) is 11.9. The van der Waals surface area contributed by atoms with E-state index < -0.39 is 16.1 Å². The molecule has 12 nitrogen and oxygen atoms in total. The Morgan fingerprint density at radius 1 is 0.627 bits per heavy atom. The van der Waals surface area contributed by atoms with Gasteiger partial charge in [-0.25, -0.2) is 9.97 Å². The molecule has 3 aromatic heterocycles. The molecule has 2 saturated carbocycles. The van der Waals surface area contributed by atoms with Gasteiger partial charge in [-0.3, -0.25) is 4.79 Å². The number of pyridine rings is 1. The van der Waals surface area contributed by atoms with Crippen molar-refractivity contribution >= 4 is 54.1 Å². The van der Waals surface area contributed by atoms with Crippen LogP contribution in [-0.2, 0) is 39.5 Å². The van der Waals surface area contributed by atoms with Crippen molar-refractivity contribution in [1.82, 2.24) is 23.7 Å². The molecule has 2 aliphatic rings. The maximum atomic E-state index is 12.1. The molecule has 0 saturated heterocycles. The summed E-state index contributed by atoms with van der Waals surface area (Å²) in [5, 5.41) is 0. The Kier molecular flexibility index (Phi) is 15.1. The lowest BCUT2D eigenvalue weighted by molar-refractivity contribution is 0.0869. The first-order valence-electron chi connectivity index (χ1n) is 23.2. The first-order valence-corrected chi connectivity index (χ1v) is 31.4. The number of benzene rings is 4. The number of imidazole rings is 2. The van der Waals surface area contributed by atoms with Gasteiger partial charge in [0.15, 0.2) is 11.5 Å². The maximum absolute atomic E-state index is 12.1. The van der Waals surface area contributed by atoms with Crippen LogP contribution >= 0.6 is 15.9 Å². The number of methoxy groups -OCH3 is 2. The molecule has 0 N–H and O–H groups in total. The second-order valence-electron chi connectivity index (χ2n) is 20.0. The number of fused-ring (bicyclic) bond motifs is 2. The van der Waals surface area contributed by atoms with E-state index in [-0.39, 0.29) is 23.7 Å². The molecule has 0 aliphatic heterocycles. The number of halogens is 1. The van der Waals surface area contributed by atoms with Crippen molar-refractivity contribution in [3.05, 3.63) is 130 Å². The molecule has 354 valence electrons. The normalized spacial score (nSPS) is 17.9. The number of aromatic nitrogens is 5. The van der Waals surface area contributed by atoms with Crippen molar-refractivity contribution in [2.24, 2.45) is 7.05 Å². The van der Waals surface area contributed by atoms with Gasteiger partial charge in [-0.05, 0) is 95.5 Å². The predicted molar refractivity (Wildman–Crippen MR) is 275 cm³/mol. The number of ether oxygens (including phenoxy) is 6. The molecular formula is C52H64BrN5O7Si2. The molecule has 4 unspecified atom stereocenters. The smallest absolute Gasteiger partial charge is 0.250 e. The Morgan fingerprint density at radius 3 is 1.57 bits per heavy atom. The molecule has 4 atom stereocenters. The molecule has 9 rings (SSSR count). The number of hydrogen-bond donors (Lipinski definition) is 0. The van der Waals surface area contributed by atoms with Crippen LogP contribution in [0.25, 0.3) is 33.2 Å². The first kappa shape index (κ1) is 48.6. The third-order valence-electron chi connectivity index (χ3n) is 12.2. The Hall–Kier alpha value is -4.88. The van der Waals surface area contributed by atoms with E-state index in [9.17, 15) is 4.79 Å². The third-order valence-corrected chi connectivity index (χ3v) is 16.3. The van der Waals surface area contributed by atoms with Crippen LogP contribution in [-0.4, -0.2) is 79.5 Å². The van der Waals surface area contributed by atoms with Crippen LogP contribution in [0.5, 0.6) is 23.0 Å². The van der Waals surface area contributed by atoms with Crippen molar-refractivity contribution in [1.29, 1.82) is 0 Å². The van der Waals surface area contributed by atoms with Gasteiger partial charge in [0.2, 0.25) is 5.56 Å². The molecule has 67 heavy (non-hydrogen) atoms. The van der Waals surface area contributed by atoms with E-state index in [1.165, 1.54) is 0 Å². The number of aryl methyl sites for hydroxylation is 1. The number of nitrogens with zero attached hydrogens (tertiary/aromatic N) is 5. The molecule has 0 spiro atoms. The fourth-order valence-electron chi connectivity index (χ4n) is 8.05. The Balaban J connectivity index is 0.000000186. The Morgan fingerprint density at radius 2 is 1.10 bits per heavy atom. The standard InChI is InChI=1S/C29H35N3O4Si.C23H29BrN2O3Si/c1-31-18-20(11-14-26(31)33)22-12-13-24-27(28(22)36-21-9-7-6-8-10-21)30-29(23-17-25(23)34-2)32(24)19-35-15-16-37(3,4)5;1-27-20-14-17(20)23-25-21-19(26(23)15-28-12-13-30(2,3)4)11-10-18(24)22(21)29-16-8-6-5-7-9-16/h6-14,18,23,25H,15-17,19H2,1-5H3;5-11,17,20H,12-15H2,1-4H3. The van der Waals surface area contributed by atoms with E-state index in [0.717, 1.165) is 105 Å². The zero-order valence-corrected chi connectivity index (χ0v) is 43.8. The highest BCUT2D eigenvalue weighted by atomic mass is 79.9. The number of para-hydroxylation sites is 2. The molecule has 0 amide bonds. The van der Waals surface area contributed by atoms with Crippen molar-refractivity contribution in [2.45, 2.75) is 102 Å². The van der Waals surface area contributed by atoms with Gasteiger partial charge in [0, 0.05) is 85.9 Å². The molecule has 3 heterocycles. The highest BCUT2D eigenvalue weighted by molar-refractivity contribution is 9.10. The van der Waals surface area contributed by atoms with Crippen LogP contribution in [0, 0.1) is 0 Å². The van der Waals surface area contributed by atoms with Gasteiger partial charge < -0.3 is 42.1 Å². The van der Waals surface area contributed by atoms with Crippen molar-refractivity contribution in [3.8, 4) is 34.1 Å². The second kappa shape index (κ2) is 20.8. The predicted octanol–water partition coefficient (Wildman–Crippen LogP) is 12.4. The lowest BCUT2D eigenvalue weighted by atomic mass is 10.1. The Labute approximate surface area is 404 Å². The quantitative estimate of drug-likeness (QED) is 0.0577. The van der Waals surface area contributed by atoms with Crippen LogP contribution < -0.4 is 15.0 Å². The van der Waals surface area contributed by atoms with Gasteiger partial charge in [0.25, 0.3) is 0 Å². The fourth-order valence-corrected chi connectivity index (χ4v) is 9.97. The fraction of sp³-hybridized carbons (Fsp3) is 0.404. The summed E-state index contributed by atoms with van der Waals surface area (Å²) in [6.45, 7) is 16.6. The Bertz CT molecular complexity index is 2860. The van der Waals surface area contributed by atoms with E-state index in [2.05, 4.69) is 76.5 Å². The van der Waals surface area contributed by atoms with Crippen LogP contribution in [0.3, 0.4) is 0 Å². The molecule has 7 aromatic rings. The van der Waals surface area contributed by atoms with Gasteiger partial charge in [-0.2, -0.15) is 0 Å². The minimum atomic E-state index is -1.19. The van der Waals surface area contributed by atoms with Gasteiger partial charge in [-0.1, -0.05) is 75.7 Å². The lowest BCUT2D eigenvalue weighted by Gasteiger charge is -2.17. The molecular weight excluding hydrogens is 943 g/mol. The summed E-state index contributed by atoms with van der Waals surface area (Å²) in [6.07, 6.45) is 4.16. The molecule has 0 bridgehead atoms. The summed E-state index contributed by atoms with van der Waals surface area (Å²) in [7, 11) is 2.95. The molecule has 2 fully saturated rings. The van der Waals surface area contributed by atoms with Crippen LogP contribution in [0.15, 0.2) is 113 Å². The summed E-state index contributed by atoms with van der Waals surface area (Å²) >= 11 is 3.65. The maximum Gasteiger partial charge on any atom is 0.250 e. The summed E-state index contributed by atoms with van der Waals surface area (Å²) < 4.78 is 43.1. The monoisotopic (exact) mass is 1010 g/mol. The van der Waals surface area contributed by atoms with Gasteiger partial charge >= 0.3 is 0 Å². The summed E-state index contributed by atoms with van der Waals surface area (Å²) in [5.74, 6) is 5.41. The van der Waals surface area contributed by atoms with E-state index in [1.807, 2.05) is 85.1 Å². The van der Waals surface area contributed by atoms with E-state index in [0.29, 0.717) is 25.1 Å². The molecule has 15 heteroatoms. The van der Waals surface area contributed by atoms with Crippen LogP contribution in [0.2, 0.25) is 51.4 Å². The van der Waals surface area contributed by atoms with Gasteiger partial charge in [0.1, 0.15) is 47.6 Å². The van der Waals surface area contributed by atoms with E-state index >= 15 is 0 Å². The van der Waals surface area contributed by atoms with E-state index in [1.54, 1.807) is 31.9 Å². The number of rotatable bonds is 19. The first-order chi connectivity index (χ1) is 32.1. The SMILES string of the molecule is COC1CC1c1nc2c(Oc3ccccc3)c(-c3ccc(=O)n(C)c3)ccc2n1COCC[Si](C)(C)C.COC1CC1c1nc2c(Oc3ccccc3)c(Br)ccc2n1COCC[Si](C)(C)C. The van der Waals surface area contributed by atoms with E-state index in [4.69, 9.17) is 38.4 Å². The zero-order valence-electron chi connectivity index (χ0n) is 40.3. The van der Waals surface area contributed by atoms with Crippen LogP contribution in [0.4, 0.5) is 0 Å². The van der Waals surface area contributed by atoms with Gasteiger partial charge in [0.05, 0.1) is 27.7 Å².